The van der Waals surface area contributed by atoms with E-state index in [-0.39, 0.29) is 10.9 Å². The second kappa shape index (κ2) is 9.63. The molecule has 2 fully saturated rings. The van der Waals surface area contributed by atoms with Crippen molar-refractivity contribution < 1.29 is 9.18 Å². The molecule has 2 aliphatic rings. The number of nitrogens with zero attached hydrogens (tertiary/aromatic N) is 7. The molecule has 0 bridgehead atoms. The van der Waals surface area contributed by atoms with E-state index in [1.807, 2.05) is 4.90 Å². The Morgan fingerprint density at radius 2 is 1.85 bits per heavy atom. The number of fused-ring (bicyclic) bond motifs is 1. The number of hydrogen-bond acceptors (Lipinski definition) is 8. The number of hydrogen-bond donors (Lipinski definition) is 1. The van der Waals surface area contributed by atoms with Crippen molar-refractivity contribution in [1.29, 1.82) is 0 Å². The average Bonchev–Trinajstić information content (AvgIpc) is 2.86. The summed E-state index contributed by atoms with van der Waals surface area (Å²) < 4.78 is 13.5. The molecule has 0 spiro atoms. The van der Waals surface area contributed by atoms with Gasteiger partial charge in [-0.2, -0.15) is 0 Å². The molecule has 34 heavy (non-hydrogen) atoms. The van der Waals surface area contributed by atoms with E-state index in [1.54, 1.807) is 19.2 Å². The van der Waals surface area contributed by atoms with E-state index < -0.39 is 5.82 Å². The summed E-state index contributed by atoms with van der Waals surface area (Å²) in [6, 6.07) is 4.92. The molecule has 1 aromatic carbocycles. The number of nitrogens with one attached hydrogen (secondary N) is 1. The number of amides is 1. The lowest BCUT2D eigenvalue weighted by Crippen LogP contribution is -2.54. The van der Waals surface area contributed by atoms with Crippen LogP contribution in [0.3, 0.4) is 0 Å². The minimum absolute atomic E-state index is 0.0310. The zero-order valence-corrected chi connectivity index (χ0v) is 19.7. The van der Waals surface area contributed by atoms with Crippen LogP contribution in [0, 0.1) is 5.82 Å². The highest BCUT2D eigenvalue weighted by atomic mass is 35.5. The Kier molecular flexibility index (Phi) is 6.42. The van der Waals surface area contributed by atoms with Crippen LogP contribution in [0.4, 0.5) is 21.8 Å². The summed E-state index contributed by atoms with van der Waals surface area (Å²) in [5, 5.41) is 3.19. The van der Waals surface area contributed by atoms with Crippen LogP contribution in [0.15, 0.2) is 30.7 Å². The summed E-state index contributed by atoms with van der Waals surface area (Å²) >= 11 is 5.91. The first-order valence-electron chi connectivity index (χ1n) is 11.4. The molecule has 0 aliphatic carbocycles. The summed E-state index contributed by atoms with van der Waals surface area (Å²) in [4.78, 5) is 36.1. The van der Waals surface area contributed by atoms with Gasteiger partial charge in [0, 0.05) is 57.9 Å². The first kappa shape index (κ1) is 22.7. The summed E-state index contributed by atoms with van der Waals surface area (Å²) in [5.41, 5.74) is 1.81. The van der Waals surface area contributed by atoms with Crippen LogP contribution < -0.4 is 10.2 Å². The third-order valence-electron chi connectivity index (χ3n) is 6.57. The third kappa shape index (κ3) is 4.74. The molecule has 4 heterocycles. The smallest absolute Gasteiger partial charge is 0.226 e. The molecule has 2 saturated heterocycles. The van der Waals surface area contributed by atoms with Crippen molar-refractivity contribution in [2.24, 2.45) is 0 Å². The lowest BCUT2D eigenvalue weighted by atomic mass is 10.0. The van der Waals surface area contributed by atoms with Gasteiger partial charge in [-0.05, 0) is 31.0 Å². The molecule has 1 N–H and O–H groups in total. The molecule has 0 unspecified atom stereocenters. The molecule has 2 aliphatic heterocycles. The quantitative estimate of drug-likeness (QED) is 0.604. The van der Waals surface area contributed by atoms with Crippen LogP contribution in [0.1, 0.15) is 19.8 Å². The molecule has 9 nitrogen and oxygen atoms in total. The zero-order chi connectivity index (χ0) is 23.7. The zero-order valence-electron chi connectivity index (χ0n) is 18.9. The number of aromatic nitrogens is 4. The normalized spacial score (nSPS) is 17.9. The maximum absolute atomic E-state index is 13.5. The molecular weight excluding hydrogens is 459 g/mol. The molecule has 3 aromatic rings. The summed E-state index contributed by atoms with van der Waals surface area (Å²) in [6.07, 6.45) is 5.18. The fourth-order valence-corrected chi connectivity index (χ4v) is 4.81. The molecule has 0 atom stereocenters. The number of carbonyl (C=O) groups is 1. The number of anilines is 3. The summed E-state index contributed by atoms with van der Waals surface area (Å²) in [6.45, 7) is 6.81. The highest BCUT2D eigenvalue weighted by Crippen LogP contribution is 2.26. The summed E-state index contributed by atoms with van der Waals surface area (Å²) in [5.74, 6) is 0.825. The van der Waals surface area contributed by atoms with Crippen molar-refractivity contribution in [3.05, 3.63) is 41.6 Å². The Bertz CT molecular complexity index is 1190. The van der Waals surface area contributed by atoms with Crippen molar-refractivity contribution in [3.8, 4) is 0 Å². The molecule has 0 saturated carbocycles. The van der Waals surface area contributed by atoms with Crippen LogP contribution >= 0.6 is 11.6 Å². The lowest BCUT2D eigenvalue weighted by Gasteiger charge is -2.42. The third-order valence-corrected chi connectivity index (χ3v) is 6.86. The second-order valence-electron chi connectivity index (χ2n) is 8.64. The van der Waals surface area contributed by atoms with Crippen molar-refractivity contribution in [2.45, 2.75) is 25.8 Å². The molecular formula is C23H26ClFN8O. The van der Waals surface area contributed by atoms with Gasteiger partial charge in [0.25, 0.3) is 0 Å². The van der Waals surface area contributed by atoms with Crippen LogP contribution in [0.25, 0.3) is 11.0 Å². The SMILES string of the molecule is CC(=O)N1CCC(N2CCN(c3ncc4ncnc(Nc5ccc(F)c(Cl)c5)c4n3)CC2)CC1. The first-order chi connectivity index (χ1) is 16.5. The van der Waals surface area contributed by atoms with Gasteiger partial charge >= 0.3 is 0 Å². The predicted octanol–water partition coefficient (Wildman–Crippen LogP) is 3.09. The number of benzene rings is 1. The molecule has 2 aromatic heterocycles. The highest BCUT2D eigenvalue weighted by Gasteiger charge is 2.29. The van der Waals surface area contributed by atoms with E-state index in [4.69, 9.17) is 16.6 Å². The van der Waals surface area contributed by atoms with Gasteiger partial charge in [-0.25, -0.2) is 24.3 Å². The van der Waals surface area contributed by atoms with Gasteiger partial charge in [-0.1, -0.05) is 11.6 Å². The van der Waals surface area contributed by atoms with Gasteiger partial charge < -0.3 is 15.1 Å². The van der Waals surface area contributed by atoms with Gasteiger partial charge in [0.05, 0.1) is 11.2 Å². The molecule has 0 radical (unpaired) electrons. The number of rotatable bonds is 4. The van der Waals surface area contributed by atoms with Gasteiger partial charge in [-0.15, -0.1) is 0 Å². The van der Waals surface area contributed by atoms with Crippen molar-refractivity contribution in [3.63, 3.8) is 0 Å². The van der Waals surface area contributed by atoms with Crippen LogP contribution in [0.2, 0.25) is 5.02 Å². The van der Waals surface area contributed by atoms with Crippen LogP contribution in [0.5, 0.6) is 0 Å². The number of likely N-dealkylation sites (tertiary alicyclic amines) is 1. The minimum Gasteiger partial charge on any atom is -0.343 e. The van der Waals surface area contributed by atoms with E-state index >= 15 is 0 Å². The van der Waals surface area contributed by atoms with E-state index in [2.05, 4.69) is 30.1 Å². The Hall–Kier alpha value is -3.11. The Morgan fingerprint density at radius 1 is 1.09 bits per heavy atom. The lowest BCUT2D eigenvalue weighted by molar-refractivity contribution is -0.130. The van der Waals surface area contributed by atoms with Crippen molar-refractivity contribution in [2.75, 3.05) is 49.5 Å². The molecule has 5 rings (SSSR count). The van der Waals surface area contributed by atoms with Crippen molar-refractivity contribution in [1.82, 2.24) is 29.7 Å². The van der Waals surface area contributed by atoms with E-state index in [0.29, 0.717) is 34.5 Å². The number of piperidine rings is 1. The molecule has 178 valence electrons. The van der Waals surface area contributed by atoms with Crippen LogP contribution in [-0.4, -0.2) is 81.0 Å². The Balaban J connectivity index is 1.28. The average molecular weight is 485 g/mol. The number of halogens is 2. The first-order valence-corrected chi connectivity index (χ1v) is 11.8. The summed E-state index contributed by atoms with van der Waals surface area (Å²) in [7, 11) is 0. The standard InChI is InChI=1S/C23H26ClFN8O/c1-15(34)31-6-4-17(5-7-31)32-8-10-33(11-9-32)23-26-13-20-21(30-23)22(28-14-27-20)29-16-2-3-19(25)18(24)12-16/h2-3,12-14,17H,4-11H2,1H3,(H,27,28,29). The number of carbonyl (C=O) groups excluding carboxylic acids is 1. The van der Waals surface area contributed by atoms with Crippen LogP contribution in [-0.2, 0) is 4.79 Å². The second-order valence-corrected chi connectivity index (χ2v) is 9.05. The Morgan fingerprint density at radius 3 is 2.56 bits per heavy atom. The van der Waals surface area contributed by atoms with E-state index in [9.17, 15) is 9.18 Å². The topological polar surface area (TPSA) is 90.4 Å². The van der Waals surface area contributed by atoms with E-state index in [0.717, 1.165) is 52.1 Å². The Labute approximate surface area is 202 Å². The monoisotopic (exact) mass is 484 g/mol. The van der Waals surface area contributed by atoms with Gasteiger partial charge in [0.15, 0.2) is 5.82 Å². The molecule has 11 heteroatoms. The largest absolute Gasteiger partial charge is 0.343 e. The molecule has 1 amide bonds. The van der Waals surface area contributed by atoms with Gasteiger partial charge in [0.2, 0.25) is 11.9 Å². The fraction of sp³-hybridized carbons (Fsp3) is 0.435. The minimum atomic E-state index is -0.479. The van der Waals surface area contributed by atoms with Crippen molar-refractivity contribution >= 4 is 46.0 Å². The number of piperazine rings is 1. The fourth-order valence-electron chi connectivity index (χ4n) is 4.63. The predicted molar refractivity (Wildman–Crippen MR) is 129 cm³/mol. The van der Waals surface area contributed by atoms with E-state index in [1.165, 1.54) is 18.5 Å². The maximum Gasteiger partial charge on any atom is 0.226 e. The highest BCUT2D eigenvalue weighted by molar-refractivity contribution is 6.31. The maximum atomic E-state index is 13.5. The van der Waals surface area contributed by atoms with Gasteiger partial charge in [-0.3, -0.25) is 9.69 Å². The van der Waals surface area contributed by atoms with Gasteiger partial charge in [0.1, 0.15) is 23.2 Å².